The first-order valence-electron chi connectivity index (χ1n) is 7.09. The first kappa shape index (κ1) is 13.8. The topological polar surface area (TPSA) is 52.0 Å². The number of aromatic nitrogens is 1. The van der Waals surface area contributed by atoms with Gasteiger partial charge in [-0.15, -0.1) is 0 Å². The molecule has 1 aliphatic carbocycles. The molecule has 1 aliphatic rings. The highest BCUT2D eigenvalue weighted by atomic mass is 15.2. The van der Waals surface area contributed by atoms with Crippen molar-refractivity contribution in [2.45, 2.75) is 45.2 Å². The van der Waals surface area contributed by atoms with Gasteiger partial charge >= 0.3 is 0 Å². The highest BCUT2D eigenvalue weighted by Crippen LogP contribution is 2.31. The molecule has 1 saturated carbocycles. The summed E-state index contributed by atoms with van der Waals surface area (Å²) in [5, 5.41) is 12.2. The Morgan fingerprint density at radius 3 is 3.00 bits per heavy atom. The second-order valence-corrected chi connectivity index (χ2v) is 5.06. The van der Waals surface area contributed by atoms with Crippen LogP contribution in [0.1, 0.15) is 44.7 Å². The van der Waals surface area contributed by atoms with Crippen molar-refractivity contribution in [1.82, 2.24) is 10.3 Å². The van der Waals surface area contributed by atoms with Crippen molar-refractivity contribution >= 4 is 5.82 Å². The summed E-state index contributed by atoms with van der Waals surface area (Å²) < 4.78 is 0. The van der Waals surface area contributed by atoms with Crippen molar-refractivity contribution < 1.29 is 0 Å². The summed E-state index contributed by atoms with van der Waals surface area (Å²) in [5.74, 6) is 1.01. The summed E-state index contributed by atoms with van der Waals surface area (Å²) in [6.07, 6.45) is 4.88. The van der Waals surface area contributed by atoms with Crippen molar-refractivity contribution in [2.75, 3.05) is 18.0 Å². The van der Waals surface area contributed by atoms with Crippen molar-refractivity contribution in [1.29, 1.82) is 5.26 Å². The average Bonchev–Trinajstić information content (AvgIpc) is 3.24. The molecule has 19 heavy (non-hydrogen) atoms. The molecule has 0 saturated heterocycles. The van der Waals surface area contributed by atoms with E-state index in [2.05, 4.69) is 47.3 Å². The number of nitrogens with zero attached hydrogens (tertiary/aromatic N) is 3. The monoisotopic (exact) mass is 258 g/mol. The Labute approximate surface area is 115 Å². The number of rotatable bonds is 7. The van der Waals surface area contributed by atoms with Gasteiger partial charge in [-0.25, -0.2) is 4.98 Å². The summed E-state index contributed by atoms with van der Waals surface area (Å²) in [6.45, 7) is 6.02. The molecule has 1 atom stereocenters. The Kier molecular flexibility index (Phi) is 4.75. The van der Waals surface area contributed by atoms with Crippen LogP contribution in [0.15, 0.2) is 18.3 Å². The van der Waals surface area contributed by atoms with Gasteiger partial charge < -0.3 is 10.2 Å². The van der Waals surface area contributed by atoms with Crippen LogP contribution in [0.3, 0.4) is 0 Å². The standard InChI is InChI=1S/C15H22N4/c1-3-17-12(2)13-7-9-18-15(11-13)19(10-4-8-16)14-5-6-14/h7,9,11-12,14,17H,3-6,10H2,1-2H3. The van der Waals surface area contributed by atoms with Crippen LogP contribution in [-0.2, 0) is 0 Å². The fourth-order valence-electron chi connectivity index (χ4n) is 2.33. The van der Waals surface area contributed by atoms with E-state index in [1.165, 1.54) is 18.4 Å². The summed E-state index contributed by atoms with van der Waals surface area (Å²) in [7, 11) is 0. The Morgan fingerprint density at radius 1 is 1.58 bits per heavy atom. The third-order valence-corrected chi connectivity index (χ3v) is 3.53. The number of nitriles is 1. The van der Waals surface area contributed by atoms with Crippen LogP contribution in [0.25, 0.3) is 0 Å². The van der Waals surface area contributed by atoms with Crippen LogP contribution in [0, 0.1) is 11.3 Å². The molecule has 1 heterocycles. The van der Waals surface area contributed by atoms with E-state index in [0.29, 0.717) is 18.5 Å². The maximum absolute atomic E-state index is 8.77. The third kappa shape index (κ3) is 3.68. The number of nitrogens with one attached hydrogen (secondary N) is 1. The summed E-state index contributed by atoms with van der Waals surface area (Å²) in [6, 6.07) is 7.37. The number of hydrogen-bond donors (Lipinski definition) is 1. The van der Waals surface area contributed by atoms with Crippen molar-refractivity contribution in [3.63, 3.8) is 0 Å². The molecule has 0 bridgehead atoms. The minimum atomic E-state index is 0.337. The summed E-state index contributed by atoms with van der Waals surface area (Å²) in [4.78, 5) is 6.77. The van der Waals surface area contributed by atoms with E-state index in [-0.39, 0.29) is 0 Å². The van der Waals surface area contributed by atoms with Crippen LogP contribution >= 0.6 is 0 Å². The van der Waals surface area contributed by atoms with E-state index in [0.717, 1.165) is 18.9 Å². The molecule has 4 nitrogen and oxygen atoms in total. The van der Waals surface area contributed by atoms with Gasteiger partial charge in [-0.1, -0.05) is 6.92 Å². The largest absolute Gasteiger partial charge is 0.353 e. The molecule has 102 valence electrons. The Bertz CT molecular complexity index is 448. The lowest BCUT2D eigenvalue weighted by atomic mass is 10.1. The predicted molar refractivity (Wildman–Crippen MR) is 76.9 cm³/mol. The van der Waals surface area contributed by atoms with Crippen LogP contribution in [-0.4, -0.2) is 24.1 Å². The number of anilines is 1. The van der Waals surface area contributed by atoms with Crippen molar-refractivity contribution in [3.8, 4) is 6.07 Å². The normalized spacial score (nSPS) is 15.8. The van der Waals surface area contributed by atoms with Gasteiger partial charge in [0.15, 0.2) is 0 Å². The van der Waals surface area contributed by atoms with E-state index in [1.807, 2.05) is 6.20 Å². The third-order valence-electron chi connectivity index (χ3n) is 3.53. The summed E-state index contributed by atoms with van der Waals surface area (Å²) >= 11 is 0. The molecule has 0 amide bonds. The Balaban J connectivity index is 2.13. The molecule has 1 unspecified atom stereocenters. The molecule has 0 aromatic carbocycles. The van der Waals surface area contributed by atoms with Gasteiger partial charge in [-0.05, 0) is 44.0 Å². The maximum Gasteiger partial charge on any atom is 0.129 e. The van der Waals surface area contributed by atoms with Crippen LogP contribution < -0.4 is 10.2 Å². The smallest absolute Gasteiger partial charge is 0.129 e. The fraction of sp³-hybridized carbons (Fsp3) is 0.600. The second kappa shape index (κ2) is 6.53. The van der Waals surface area contributed by atoms with Gasteiger partial charge in [0, 0.05) is 24.8 Å². The zero-order valence-electron chi connectivity index (χ0n) is 11.8. The lowest BCUT2D eigenvalue weighted by Gasteiger charge is -2.23. The molecule has 0 spiro atoms. The summed E-state index contributed by atoms with van der Waals surface area (Å²) in [5.41, 5.74) is 1.26. The number of hydrogen-bond acceptors (Lipinski definition) is 4. The van der Waals surface area contributed by atoms with E-state index in [9.17, 15) is 0 Å². The van der Waals surface area contributed by atoms with Gasteiger partial charge in [0.1, 0.15) is 5.82 Å². The van der Waals surface area contributed by atoms with Crippen LogP contribution in [0.4, 0.5) is 5.82 Å². The number of pyridine rings is 1. The van der Waals surface area contributed by atoms with Crippen molar-refractivity contribution in [3.05, 3.63) is 23.9 Å². The Morgan fingerprint density at radius 2 is 2.37 bits per heavy atom. The molecule has 1 N–H and O–H groups in total. The minimum Gasteiger partial charge on any atom is -0.353 e. The van der Waals surface area contributed by atoms with Gasteiger partial charge in [0.05, 0.1) is 12.5 Å². The quantitative estimate of drug-likeness (QED) is 0.817. The lowest BCUT2D eigenvalue weighted by molar-refractivity contribution is 0.597. The Hall–Kier alpha value is -1.60. The van der Waals surface area contributed by atoms with Crippen LogP contribution in [0.5, 0.6) is 0 Å². The van der Waals surface area contributed by atoms with Gasteiger partial charge in [-0.2, -0.15) is 5.26 Å². The fourth-order valence-corrected chi connectivity index (χ4v) is 2.33. The highest BCUT2D eigenvalue weighted by molar-refractivity contribution is 5.44. The van der Waals surface area contributed by atoms with E-state index in [4.69, 9.17) is 5.26 Å². The molecular weight excluding hydrogens is 236 g/mol. The van der Waals surface area contributed by atoms with Gasteiger partial charge in [0.2, 0.25) is 0 Å². The van der Waals surface area contributed by atoms with Crippen molar-refractivity contribution in [2.24, 2.45) is 0 Å². The SMILES string of the molecule is CCNC(C)c1ccnc(N(CCC#N)C2CC2)c1. The van der Waals surface area contributed by atoms with E-state index >= 15 is 0 Å². The lowest BCUT2D eigenvalue weighted by Crippen LogP contribution is -2.28. The molecule has 0 radical (unpaired) electrons. The zero-order chi connectivity index (χ0) is 13.7. The van der Waals surface area contributed by atoms with Gasteiger partial charge in [0.25, 0.3) is 0 Å². The predicted octanol–water partition coefficient (Wildman–Crippen LogP) is 2.63. The molecule has 2 rings (SSSR count). The van der Waals surface area contributed by atoms with E-state index in [1.54, 1.807) is 0 Å². The first-order chi connectivity index (χ1) is 9.26. The highest BCUT2D eigenvalue weighted by Gasteiger charge is 2.29. The van der Waals surface area contributed by atoms with Gasteiger partial charge in [-0.3, -0.25) is 0 Å². The van der Waals surface area contributed by atoms with Crippen LogP contribution in [0.2, 0.25) is 0 Å². The molecular formula is C15H22N4. The molecule has 1 aromatic heterocycles. The van der Waals surface area contributed by atoms with E-state index < -0.39 is 0 Å². The second-order valence-electron chi connectivity index (χ2n) is 5.06. The molecule has 0 aliphatic heterocycles. The maximum atomic E-state index is 8.77. The average molecular weight is 258 g/mol. The first-order valence-corrected chi connectivity index (χ1v) is 7.09. The minimum absolute atomic E-state index is 0.337. The molecule has 1 fully saturated rings. The molecule has 4 heteroatoms. The zero-order valence-corrected chi connectivity index (χ0v) is 11.8. The molecule has 1 aromatic rings.